The molecule has 4 N–H and O–H groups in total. The van der Waals surface area contributed by atoms with Crippen LogP contribution >= 0.6 is 11.3 Å². The summed E-state index contributed by atoms with van der Waals surface area (Å²) in [6, 6.07) is 1.88. The molecule has 0 radical (unpaired) electrons. The zero-order chi connectivity index (χ0) is 12.4. The van der Waals surface area contributed by atoms with Crippen LogP contribution in [0.25, 0.3) is 0 Å². The number of nitrogens with zero attached hydrogens (tertiary/aromatic N) is 2. The fourth-order valence-corrected chi connectivity index (χ4v) is 1.98. The van der Waals surface area contributed by atoms with E-state index in [0.717, 1.165) is 5.56 Å². The van der Waals surface area contributed by atoms with Gasteiger partial charge in [-0.15, -0.1) is 0 Å². The highest BCUT2D eigenvalue weighted by molar-refractivity contribution is 7.07. The monoisotopic (exact) mass is 251 g/mol. The number of primary amides is 1. The van der Waals surface area contributed by atoms with E-state index >= 15 is 0 Å². The third kappa shape index (κ3) is 2.34. The van der Waals surface area contributed by atoms with Crippen molar-refractivity contribution in [2.24, 2.45) is 5.73 Å². The van der Waals surface area contributed by atoms with Crippen molar-refractivity contribution in [2.45, 2.75) is 6.42 Å². The first-order valence-electron chi connectivity index (χ1n) is 4.67. The van der Waals surface area contributed by atoms with E-state index in [0.29, 0.717) is 6.42 Å². The molecule has 7 heteroatoms. The van der Waals surface area contributed by atoms with Crippen molar-refractivity contribution in [3.8, 4) is 11.6 Å². The van der Waals surface area contributed by atoms with Gasteiger partial charge in [-0.05, 0) is 22.4 Å². The second kappa shape index (κ2) is 4.38. The Hall–Kier alpha value is -2.15. The molecule has 88 valence electrons. The molecular formula is C10H9N3O3S. The topological polar surface area (TPSA) is 109 Å². The summed E-state index contributed by atoms with van der Waals surface area (Å²) < 4.78 is 0. The molecule has 0 saturated carbocycles. The van der Waals surface area contributed by atoms with Crippen molar-refractivity contribution < 1.29 is 15.0 Å². The minimum Gasteiger partial charge on any atom is -0.501 e. The van der Waals surface area contributed by atoms with Crippen LogP contribution in [-0.2, 0) is 6.42 Å². The summed E-state index contributed by atoms with van der Waals surface area (Å²) in [5.41, 5.74) is 5.61. The molecule has 2 aromatic heterocycles. The number of carbonyl (C=O) groups is 1. The molecule has 0 aliphatic rings. The highest BCUT2D eigenvalue weighted by atomic mass is 32.1. The molecule has 0 aliphatic carbocycles. The molecule has 2 aromatic rings. The van der Waals surface area contributed by atoms with E-state index in [2.05, 4.69) is 9.97 Å². The number of thiophene rings is 1. The first-order valence-corrected chi connectivity index (χ1v) is 5.62. The van der Waals surface area contributed by atoms with Gasteiger partial charge in [0.25, 0.3) is 11.8 Å². The lowest BCUT2D eigenvalue weighted by atomic mass is 10.2. The summed E-state index contributed by atoms with van der Waals surface area (Å²) in [6.07, 6.45) is 0.359. The molecule has 0 aliphatic heterocycles. The van der Waals surface area contributed by atoms with Crippen LogP contribution in [0.3, 0.4) is 0 Å². The maximum Gasteiger partial charge on any atom is 0.271 e. The van der Waals surface area contributed by atoms with Crippen LogP contribution in [0.1, 0.15) is 21.9 Å². The first-order chi connectivity index (χ1) is 8.08. The molecule has 0 atom stereocenters. The van der Waals surface area contributed by atoms with E-state index in [4.69, 9.17) is 5.73 Å². The van der Waals surface area contributed by atoms with Crippen LogP contribution in [0.4, 0.5) is 0 Å². The van der Waals surface area contributed by atoms with E-state index in [1.807, 2.05) is 16.8 Å². The van der Waals surface area contributed by atoms with Crippen molar-refractivity contribution in [1.29, 1.82) is 0 Å². The largest absolute Gasteiger partial charge is 0.501 e. The maximum atomic E-state index is 11.0. The SMILES string of the molecule is NC(=O)c1nc(Cc2ccsc2)nc(O)c1O. The molecule has 17 heavy (non-hydrogen) atoms. The highest BCUT2D eigenvalue weighted by Gasteiger charge is 2.17. The summed E-state index contributed by atoms with van der Waals surface area (Å²) >= 11 is 1.52. The zero-order valence-electron chi connectivity index (χ0n) is 8.62. The Morgan fingerprint density at radius 3 is 2.76 bits per heavy atom. The lowest BCUT2D eigenvalue weighted by Crippen LogP contribution is -2.15. The molecule has 0 fully saturated rings. The number of amides is 1. The second-order valence-corrected chi connectivity index (χ2v) is 4.11. The van der Waals surface area contributed by atoms with Crippen molar-refractivity contribution in [3.63, 3.8) is 0 Å². The van der Waals surface area contributed by atoms with Gasteiger partial charge >= 0.3 is 0 Å². The van der Waals surface area contributed by atoms with Crippen LogP contribution in [0, 0.1) is 0 Å². The van der Waals surface area contributed by atoms with Crippen molar-refractivity contribution in [3.05, 3.63) is 33.9 Å². The molecule has 6 nitrogen and oxygen atoms in total. The van der Waals surface area contributed by atoms with Crippen molar-refractivity contribution in [1.82, 2.24) is 9.97 Å². The Bertz CT molecular complexity index is 554. The van der Waals surface area contributed by atoms with Gasteiger partial charge < -0.3 is 15.9 Å². The number of hydrogen-bond donors (Lipinski definition) is 3. The first kappa shape index (κ1) is 11.3. The normalized spacial score (nSPS) is 10.4. The van der Waals surface area contributed by atoms with E-state index in [9.17, 15) is 15.0 Å². The molecule has 1 amide bonds. The molecular weight excluding hydrogens is 242 g/mol. The van der Waals surface area contributed by atoms with Crippen LogP contribution in [0.15, 0.2) is 16.8 Å². The molecule has 0 bridgehead atoms. The molecule has 0 unspecified atom stereocenters. The van der Waals surface area contributed by atoms with Crippen LogP contribution in [0.2, 0.25) is 0 Å². The number of aromatic nitrogens is 2. The molecule has 0 saturated heterocycles. The minimum atomic E-state index is -0.910. The quantitative estimate of drug-likeness (QED) is 0.741. The van der Waals surface area contributed by atoms with Gasteiger partial charge in [0.2, 0.25) is 5.75 Å². The molecule has 0 aromatic carbocycles. The van der Waals surface area contributed by atoms with Gasteiger partial charge in [-0.3, -0.25) is 4.79 Å². The van der Waals surface area contributed by atoms with E-state index < -0.39 is 17.5 Å². The fraction of sp³-hybridized carbons (Fsp3) is 0.100. The lowest BCUT2D eigenvalue weighted by Gasteiger charge is -2.04. The predicted octanol–water partition coefficient (Wildman–Crippen LogP) is 0.639. The Morgan fingerprint density at radius 2 is 2.18 bits per heavy atom. The summed E-state index contributed by atoms with van der Waals surface area (Å²) in [5.74, 6) is -2.01. The maximum absolute atomic E-state index is 11.0. The predicted molar refractivity (Wildman–Crippen MR) is 61.0 cm³/mol. The average molecular weight is 251 g/mol. The van der Waals surface area contributed by atoms with Gasteiger partial charge in [-0.25, -0.2) is 4.98 Å². The Morgan fingerprint density at radius 1 is 1.41 bits per heavy atom. The number of hydrogen-bond acceptors (Lipinski definition) is 6. The van der Waals surface area contributed by atoms with Gasteiger partial charge in [0.15, 0.2) is 5.69 Å². The second-order valence-electron chi connectivity index (χ2n) is 3.33. The van der Waals surface area contributed by atoms with Crippen molar-refractivity contribution >= 4 is 17.2 Å². The molecule has 2 rings (SSSR count). The summed E-state index contributed by atoms with van der Waals surface area (Å²) in [4.78, 5) is 18.5. The van der Waals surface area contributed by atoms with E-state index in [1.54, 1.807) is 0 Å². The van der Waals surface area contributed by atoms with Gasteiger partial charge in [-0.2, -0.15) is 16.3 Å². The van der Waals surface area contributed by atoms with E-state index in [-0.39, 0.29) is 11.5 Å². The van der Waals surface area contributed by atoms with Crippen LogP contribution < -0.4 is 5.73 Å². The Balaban J connectivity index is 2.39. The van der Waals surface area contributed by atoms with Crippen molar-refractivity contribution in [2.75, 3.05) is 0 Å². The average Bonchev–Trinajstić information content (AvgIpc) is 2.75. The third-order valence-electron chi connectivity index (χ3n) is 2.09. The Kier molecular flexibility index (Phi) is 2.92. The summed E-state index contributed by atoms with van der Waals surface area (Å²) in [6.45, 7) is 0. The standard InChI is InChI=1S/C10H9N3O3S/c11-9(15)7-8(14)10(16)13-6(12-7)3-5-1-2-17-4-5/h1-2,4,14H,3H2,(H2,11,15)(H,12,13,16). The van der Waals surface area contributed by atoms with Gasteiger partial charge in [0.05, 0.1) is 0 Å². The molecule has 0 spiro atoms. The minimum absolute atomic E-state index is 0.229. The summed E-state index contributed by atoms with van der Waals surface area (Å²) in [5, 5.41) is 22.5. The van der Waals surface area contributed by atoms with Crippen LogP contribution in [-0.4, -0.2) is 26.1 Å². The third-order valence-corrected chi connectivity index (χ3v) is 2.82. The number of aromatic hydroxyl groups is 2. The zero-order valence-corrected chi connectivity index (χ0v) is 9.44. The Labute approximate surface area is 100 Å². The van der Waals surface area contributed by atoms with Gasteiger partial charge in [0, 0.05) is 6.42 Å². The fourth-order valence-electron chi connectivity index (χ4n) is 1.31. The van der Waals surface area contributed by atoms with Crippen LogP contribution in [0.5, 0.6) is 11.6 Å². The lowest BCUT2D eigenvalue weighted by molar-refractivity contribution is 0.0991. The smallest absolute Gasteiger partial charge is 0.271 e. The number of carbonyl (C=O) groups excluding carboxylic acids is 1. The molecule has 2 heterocycles. The van der Waals surface area contributed by atoms with E-state index in [1.165, 1.54) is 11.3 Å². The number of rotatable bonds is 3. The highest BCUT2D eigenvalue weighted by Crippen LogP contribution is 2.25. The number of nitrogens with two attached hydrogens (primary N) is 1. The summed E-state index contributed by atoms with van der Waals surface area (Å²) in [7, 11) is 0. The van der Waals surface area contributed by atoms with Gasteiger partial charge in [0.1, 0.15) is 5.82 Å². The van der Waals surface area contributed by atoms with Gasteiger partial charge in [-0.1, -0.05) is 0 Å².